The van der Waals surface area contributed by atoms with Gasteiger partial charge in [-0.1, -0.05) is 6.07 Å². The average molecular weight is 429 g/mol. The first-order valence-electron chi connectivity index (χ1n) is 11.7. The Hall–Kier alpha value is -2.15. The summed E-state index contributed by atoms with van der Waals surface area (Å²) in [7, 11) is 0. The second-order valence-corrected chi connectivity index (χ2v) is 10.0. The minimum atomic E-state index is -0.394. The van der Waals surface area contributed by atoms with Crippen molar-refractivity contribution in [3.05, 3.63) is 29.1 Å². The lowest BCUT2D eigenvalue weighted by Gasteiger charge is -2.36. The Morgan fingerprint density at radius 3 is 2.55 bits per heavy atom. The third-order valence-corrected chi connectivity index (χ3v) is 7.98. The van der Waals surface area contributed by atoms with Crippen molar-refractivity contribution in [2.75, 3.05) is 31.5 Å². The Labute approximate surface area is 183 Å². The van der Waals surface area contributed by atoms with E-state index >= 15 is 0 Å². The predicted molar refractivity (Wildman–Crippen MR) is 117 cm³/mol. The van der Waals surface area contributed by atoms with Crippen LogP contribution in [0.2, 0.25) is 0 Å². The maximum absolute atomic E-state index is 14.2. The summed E-state index contributed by atoms with van der Waals surface area (Å²) in [6.07, 6.45) is 4.70. The number of nitrogens with zero attached hydrogens (tertiary/aromatic N) is 2. The van der Waals surface area contributed by atoms with E-state index in [1.165, 1.54) is 12.5 Å². The molecule has 4 aliphatic rings. The van der Waals surface area contributed by atoms with Crippen LogP contribution in [0.25, 0.3) is 0 Å². The average Bonchev–Trinajstić information content (AvgIpc) is 3.44. The number of halogens is 1. The molecule has 3 heterocycles. The number of rotatable bonds is 3. The van der Waals surface area contributed by atoms with Gasteiger partial charge in [-0.3, -0.25) is 14.5 Å². The summed E-state index contributed by atoms with van der Waals surface area (Å²) in [4.78, 5) is 29.2. The minimum Gasteiger partial charge on any atom is -0.373 e. The fourth-order valence-electron chi connectivity index (χ4n) is 6.24. The highest BCUT2D eigenvalue weighted by Gasteiger charge is 2.43. The van der Waals surface area contributed by atoms with Crippen molar-refractivity contribution in [2.24, 2.45) is 11.8 Å². The van der Waals surface area contributed by atoms with Gasteiger partial charge < -0.3 is 15.5 Å². The van der Waals surface area contributed by atoms with Crippen molar-refractivity contribution in [2.45, 2.75) is 64.1 Å². The first-order valence-corrected chi connectivity index (χ1v) is 11.7. The van der Waals surface area contributed by atoms with Gasteiger partial charge in [0.25, 0.3) is 0 Å². The van der Waals surface area contributed by atoms with Gasteiger partial charge in [0.15, 0.2) is 0 Å². The smallest absolute Gasteiger partial charge is 0.243 e. The molecule has 6 nitrogen and oxygen atoms in total. The molecule has 2 saturated heterocycles. The largest absolute Gasteiger partial charge is 0.373 e. The van der Waals surface area contributed by atoms with Crippen LogP contribution < -0.4 is 10.6 Å². The SMILES string of the molecule is CC(=O)N1C[C@@H]2CN([C@H]3CCC[C@@H](NC(=O)C4Cc5c(F)ccc(C)c5N4)C3)C[C@@H]2C1. The molecule has 1 aliphatic carbocycles. The molecule has 31 heavy (non-hydrogen) atoms. The fourth-order valence-corrected chi connectivity index (χ4v) is 6.24. The summed E-state index contributed by atoms with van der Waals surface area (Å²) < 4.78 is 14.2. The van der Waals surface area contributed by atoms with Gasteiger partial charge >= 0.3 is 0 Å². The second kappa shape index (κ2) is 8.08. The van der Waals surface area contributed by atoms with E-state index in [9.17, 15) is 14.0 Å². The summed E-state index contributed by atoms with van der Waals surface area (Å²) in [5, 5.41) is 6.50. The van der Waals surface area contributed by atoms with Crippen LogP contribution in [0.5, 0.6) is 0 Å². The lowest BCUT2D eigenvalue weighted by Crippen LogP contribution is -2.49. The number of hydrogen-bond acceptors (Lipinski definition) is 4. The molecule has 1 aromatic carbocycles. The van der Waals surface area contributed by atoms with E-state index in [0.717, 1.165) is 56.7 Å². The normalized spacial score (nSPS) is 32.5. The Kier molecular flexibility index (Phi) is 5.40. The Morgan fingerprint density at radius 1 is 1.13 bits per heavy atom. The van der Waals surface area contributed by atoms with Crippen LogP contribution in [0.4, 0.5) is 10.1 Å². The molecule has 2 amide bonds. The third kappa shape index (κ3) is 3.93. The van der Waals surface area contributed by atoms with Gasteiger partial charge in [-0.15, -0.1) is 0 Å². The highest BCUT2D eigenvalue weighted by atomic mass is 19.1. The monoisotopic (exact) mass is 428 g/mol. The molecule has 5 rings (SSSR count). The van der Waals surface area contributed by atoms with Gasteiger partial charge in [-0.05, 0) is 56.1 Å². The molecule has 0 spiro atoms. The molecule has 5 atom stereocenters. The summed E-state index contributed by atoms with van der Waals surface area (Å²) in [6.45, 7) is 7.54. The Morgan fingerprint density at radius 2 is 1.87 bits per heavy atom. The Balaban J connectivity index is 1.15. The number of carbonyl (C=O) groups is 2. The molecule has 0 radical (unpaired) electrons. The van der Waals surface area contributed by atoms with Crippen LogP contribution in [0.3, 0.4) is 0 Å². The van der Waals surface area contributed by atoms with E-state index in [2.05, 4.69) is 15.5 Å². The fraction of sp³-hybridized carbons (Fsp3) is 0.667. The minimum absolute atomic E-state index is 0.0176. The van der Waals surface area contributed by atoms with Gasteiger partial charge in [-0.25, -0.2) is 4.39 Å². The van der Waals surface area contributed by atoms with E-state index in [4.69, 9.17) is 0 Å². The van der Waals surface area contributed by atoms with Gasteiger partial charge in [-0.2, -0.15) is 0 Å². The lowest BCUT2D eigenvalue weighted by atomic mass is 9.89. The molecule has 1 unspecified atom stereocenters. The van der Waals surface area contributed by atoms with Crippen molar-refractivity contribution in [1.29, 1.82) is 0 Å². The van der Waals surface area contributed by atoms with Crippen LogP contribution in [0, 0.1) is 24.6 Å². The van der Waals surface area contributed by atoms with Gasteiger partial charge in [0.2, 0.25) is 11.8 Å². The van der Waals surface area contributed by atoms with Crippen LogP contribution in [0.15, 0.2) is 12.1 Å². The molecular formula is C24H33FN4O2. The highest BCUT2D eigenvalue weighted by molar-refractivity contribution is 5.88. The molecular weight excluding hydrogens is 395 g/mol. The molecule has 3 fully saturated rings. The third-order valence-electron chi connectivity index (χ3n) is 7.98. The van der Waals surface area contributed by atoms with Crippen molar-refractivity contribution < 1.29 is 14.0 Å². The molecule has 168 valence electrons. The van der Waals surface area contributed by atoms with E-state index < -0.39 is 6.04 Å². The number of carbonyl (C=O) groups excluding carboxylic acids is 2. The summed E-state index contributed by atoms with van der Waals surface area (Å²) in [6, 6.07) is 3.53. The van der Waals surface area contributed by atoms with Crippen LogP contribution in [-0.2, 0) is 16.0 Å². The topological polar surface area (TPSA) is 64.7 Å². The van der Waals surface area contributed by atoms with Crippen molar-refractivity contribution in [3.8, 4) is 0 Å². The van der Waals surface area contributed by atoms with E-state index in [0.29, 0.717) is 29.9 Å². The van der Waals surface area contributed by atoms with Gasteiger partial charge in [0, 0.05) is 62.9 Å². The molecule has 0 bridgehead atoms. The predicted octanol–water partition coefficient (Wildman–Crippen LogP) is 2.31. The van der Waals surface area contributed by atoms with Crippen LogP contribution >= 0.6 is 0 Å². The van der Waals surface area contributed by atoms with Crippen LogP contribution in [-0.4, -0.2) is 65.9 Å². The maximum Gasteiger partial charge on any atom is 0.243 e. The molecule has 1 aromatic rings. The number of anilines is 1. The molecule has 7 heteroatoms. The standard InChI is InChI=1S/C24H33FN4O2/c1-14-6-7-21(25)20-9-22(27-23(14)20)24(31)26-18-4-3-5-19(8-18)29-12-16-10-28(15(2)30)11-17(16)13-29/h6-7,16-19,22,27H,3-5,8-13H2,1-2H3,(H,26,31)/t16-,17+,18-,19+,22?/m1/s1. The molecule has 3 aliphatic heterocycles. The van der Waals surface area contributed by atoms with Gasteiger partial charge in [0.1, 0.15) is 11.9 Å². The quantitative estimate of drug-likeness (QED) is 0.776. The highest BCUT2D eigenvalue weighted by Crippen LogP contribution is 2.36. The first-order chi connectivity index (χ1) is 14.9. The zero-order valence-electron chi connectivity index (χ0n) is 18.5. The molecule has 0 aromatic heterocycles. The number of aryl methyl sites for hydroxylation is 1. The molecule has 2 N–H and O–H groups in total. The number of hydrogen-bond donors (Lipinski definition) is 2. The number of nitrogens with one attached hydrogen (secondary N) is 2. The molecule has 1 saturated carbocycles. The number of amides is 2. The Bertz CT molecular complexity index is 846. The second-order valence-electron chi connectivity index (χ2n) is 10.0. The zero-order valence-corrected chi connectivity index (χ0v) is 18.5. The van der Waals surface area contributed by atoms with E-state index in [-0.39, 0.29) is 23.7 Å². The van der Waals surface area contributed by atoms with E-state index in [1.54, 1.807) is 13.0 Å². The number of likely N-dealkylation sites (tertiary alicyclic amines) is 2. The summed E-state index contributed by atoms with van der Waals surface area (Å²) in [5.41, 5.74) is 2.39. The van der Waals surface area contributed by atoms with Gasteiger partial charge in [0.05, 0.1) is 0 Å². The summed E-state index contributed by atoms with van der Waals surface area (Å²) >= 11 is 0. The van der Waals surface area contributed by atoms with Crippen molar-refractivity contribution in [1.82, 2.24) is 15.1 Å². The van der Waals surface area contributed by atoms with Crippen molar-refractivity contribution in [3.63, 3.8) is 0 Å². The number of benzene rings is 1. The maximum atomic E-state index is 14.2. The first kappa shape index (κ1) is 20.7. The van der Waals surface area contributed by atoms with Crippen LogP contribution in [0.1, 0.15) is 43.7 Å². The van der Waals surface area contributed by atoms with E-state index in [1.807, 2.05) is 11.8 Å². The number of fused-ring (bicyclic) bond motifs is 2. The zero-order chi connectivity index (χ0) is 21.7. The summed E-state index contributed by atoms with van der Waals surface area (Å²) in [5.74, 6) is 1.13. The lowest BCUT2D eigenvalue weighted by molar-refractivity contribution is -0.128. The van der Waals surface area contributed by atoms with Crippen molar-refractivity contribution >= 4 is 17.5 Å².